The van der Waals surface area contributed by atoms with Gasteiger partial charge in [-0.05, 0) is 43.2 Å². The Morgan fingerprint density at radius 2 is 1.69 bits per heavy atom. The summed E-state index contributed by atoms with van der Waals surface area (Å²) in [4.78, 5) is 25.6. The maximum Gasteiger partial charge on any atom is 0.327 e. The Balaban J connectivity index is 1.83. The standard InChI is InChI=1S/C24H28N2O3/c1-29-24(28)22(19-13-7-3-8-14-19)26-21(17-18-11-5-2-6-12-18)23(27)25-20-15-9-4-10-16-20/h2-3,5-8,11-15,21-22,26H,4,9-10,16-17H2,1H3,(H,25,27)/t21?,22-/m0/s1. The minimum Gasteiger partial charge on any atom is -0.468 e. The highest BCUT2D eigenvalue weighted by molar-refractivity contribution is 5.85. The van der Waals surface area contributed by atoms with Crippen molar-refractivity contribution in [1.29, 1.82) is 0 Å². The van der Waals surface area contributed by atoms with Crippen molar-refractivity contribution in [2.24, 2.45) is 0 Å². The number of esters is 1. The van der Waals surface area contributed by atoms with Crippen LogP contribution in [0.5, 0.6) is 0 Å². The first-order valence-corrected chi connectivity index (χ1v) is 10.1. The van der Waals surface area contributed by atoms with Crippen molar-refractivity contribution >= 4 is 11.9 Å². The van der Waals surface area contributed by atoms with E-state index in [1.54, 1.807) is 0 Å². The number of carbonyl (C=O) groups excluding carboxylic acids is 2. The van der Waals surface area contributed by atoms with Crippen LogP contribution in [0, 0.1) is 0 Å². The first-order valence-electron chi connectivity index (χ1n) is 10.1. The average Bonchev–Trinajstić information content (AvgIpc) is 2.78. The molecule has 0 fully saturated rings. The van der Waals surface area contributed by atoms with E-state index in [2.05, 4.69) is 16.7 Å². The number of amides is 1. The highest BCUT2D eigenvalue weighted by Crippen LogP contribution is 2.18. The molecule has 152 valence electrons. The number of ether oxygens (including phenoxy) is 1. The second kappa shape index (κ2) is 10.6. The molecule has 1 amide bonds. The van der Waals surface area contributed by atoms with Crippen LogP contribution >= 0.6 is 0 Å². The van der Waals surface area contributed by atoms with Crippen LogP contribution in [0.3, 0.4) is 0 Å². The Labute approximate surface area is 172 Å². The van der Waals surface area contributed by atoms with E-state index in [1.165, 1.54) is 7.11 Å². The lowest BCUT2D eigenvalue weighted by atomic mass is 10.0. The third-order valence-corrected chi connectivity index (χ3v) is 5.11. The Hall–Kier alpha value is -2.92. The topological polar surface area (TPSA) is 67.4 Å². The number of nitrogens with one attached hydrogen (secondary N) is 2. The fraction of sp³-hybridized carbons (Fsp3) is 0.333. The summed E-state index contributed by atoms with van der Waals surface area (Å²) in [6, 6.07) is 17.8. The molecule has 3 rings (SSSR count). The number of hydrogen-bond acceptors (Lipinski definition) is 4. The number of methoxy groups -OCH3 is 1. The molecular weight excluding hydrogens is 364 g/mol. The molecule has 2 N–H and O–H groups in total. The summed E-state index contributed by atoms with van der Waals surface area (Å²) in [5, 5.41) is 6.31. The number of carbonyl (C=O) groups is 2. The fourth-order valence-corrected chi connectivity index (χ4v) is 3.54. The van der Waals surface area contributed by atoms with Crippen molar-refractivity contribution in [2.45, 2.75) is 44.2 Å². The van der Waals surface area contributed by atoms with Gasteiger partial charge in [0.05, 0.1) is 13.2 Å². The number of allylic oxidation sites excluding steroid dienone is 2. The van der Waals surface area contributed by atoms with Crippen molar-refractivity contribution in [2.75, 3.05) is 7.11 Å². The van der Waals surface area contributed by atoms with E-state index in [1.807, 2.05) is 60.7 Å². The molecule has 29 heavy (non-hydrogen) atoms. The summed E-state index contributed by atoms with van der Waals surface area (Å²) >= 11 is 0. The molecular formula is C24H28N2O3. The van der Waals surface area contributed by atoms with E-state index in [0.717, 1.165) is 42.5 Å². The Bertz CT molecular complexity index is 834. The van der Waals surface area contributed by atoms with Crippen LogP contribution in [-0.2, 0) is 20.7 Å². The SMILES string of the molecule is COC(=O)[C@@H](NC(Cc1ccccc1)C(=O)NC1=CCCCC1)c1ccccc1. The van der Waals surface area contributed by atoms with Gasteiger partial charge in [-0.15, -0.1) is 0 Å². The van der Waals surface area contributed by atoms with Gasteiger partial charge in [0.1, 0.15) is 6.04 Å². The van der Waals surface area contributed by atoms with Crippen LogP contribution in [0.25, 0.3) is 0 Å². The number of benzene rings is 2. The van der Waals surface area contributed by atoms with Crippen LogP contribution in [-0.4, -0.2) is 25.0 Å². The van der Waals surface area contributed by atoms with Crippen LogP contribution in [0.1, 0.15) is 42.9 Å². The third kappa shape index (κ3) is 6.03. The van der Waals surface area contributed by atoms with Crippen LogP contribution in [0.15, 0.2) is 72.4 Å². The molecule has 1 unspecified atom stereocenters. The molecule has 0 aromatic heterocycles. The van der Waals surface area contributed by atoms with Gasteiger partial charge in [0, 0.05) is 5.70 Å². The Morgan fingerprint density at radius 3 is 2.31 bits per heavy atom. The van der Waals surface area contributed by atoms with E-state index in [9.17, 15) is 9.59 Å². The number of rotatable bonds is 8. The monoisotopic (exact) mass is 392 g/mol. The van der Waals surface area contributed by atoms with Gasteiger partial charge < -0.3 is 10.1 Å². The molecule has 0 saturated carbocycles. The second-order valence-corrected chi connectivity index (χ2v) is 7.24. The van der Waals surface area contributed by atoms with Gasteiger partial charge in [-0.3, -0.25) is 10.1 Å². The fourth-order valence-electron chi connectivity index (χ4n) is 3.54. The summed E-state index contributed by atoms with van der Waals surface area (Å²) in [6.45, 7) is 0. The predicted octanol–water partition coefficient (Wildman–Crippen LogP) is 3.68. The van der Waals surface area contributed by atoms with Gasteiger partial charge in [0.15, 0.2) is 0 Å². The molecule has 0 aliphatic heterocycles. The van der Waals surface area contributed by atoms with Gasteiger partial charge in [-0.25, -0.2) is 4.79 Å². The lowest BCUT2D eigenvalue weighted by Gasteiger charge is -2.25. The van der Waals surface area contributed by atoms with Gasteiger partial charge in [0.2, 0.25) is 5.91 Å². The molecule has 0 bridgehead atoms. The van der Waals surface area contributed by atoms with E-state index < -0.39 is 18.1 Å². The highest BCUT2D eigenvalue weighted by atomic mass is 16.5. The Kier molecular flexibility index (Phi) is 7.59. The minimum absolute atomic E-state index is 0.133. The molecule has 2 aromatic carbocycles. The molecule has 5 heteroatoms. The lowest BCUT2D eigenvalue weighted by Crippen LogP contribution is -2.48. The lowest BCUT2D eigenvalue weighted by molar-refractivity contribution is -0.143. The maximum absolute atomic E-state index is 13.1. The zero-order valence-electron chi connectivity index (χ0n) is 16.8. The third-order valence-electron chi connectivity index (χ3n) is 5.11. The van der Waals surface area contributed by atoms with Gasteiger partial charge in [-0.2, -0.15) is 0 Å². The predicted molar refractivity (Wildman–Crippen MR) is 113 cm³/mol. The summed E-state index contributed by atoms with van der Waals surface area (Å²) in [5.74, 6) is -0.550. The highest BCUT2D eigenvalue weighted by Gasteiger charge is 2.29. The van der Waals surface area contributed by atoms with Crippen LogP contribution < -0.4 is 10.6 Å². The molecule has 1 aliphatic carbocycles. The van der Waals surface area contributed by atoms with Crippen molar-refractivity contribution in [1.82, 2.24) is 10.6 Å². The largest absolute Gasteiger partial charge is 0.468 e. The molecule has 2 atom stereocenters. The zero-order chi connectivity index (χ0) is 20.5. The number of hydrogen-bond donors (Lipinski definition) is 2. The Morgan fingerprint density at radius 1 is 1.00 bits per heavy atom. The molecule has 0 saturated heterocycles. The normalized spacial score (nSPS) is 15.7. The molecule has 0 radical (unpaired) electrons. The quantitative estimate of drug-likeness (QED) is 0.673. The first-order chi connectivity index (χ1) is 14.2. The molecule has 0 spiro atoms. The smallest absolute Gasteiger partial charge is 0.327 e. The van der Waals surface area contributed by atoms with Gasteiger partial charge >= 0.3 is 5.97 Å². The van der Waals surface area contributed by atoms with Crippen LogP contribution in [0.4, 0.5) is 0 Å². The first kappa shape index (κ1) is 20.8. The van der Waals surface area contributed by atoms with Crippen LogP contribution in [0.2, 0.25) is 0 Å². The molecule has 0 heterocycles. The van der Waals surface area contributed by atoms with Gasteiger partial charge in [-0.1, -0.05) is 66.7 Å². The molecule has 2 aromatic rings. The molecule has 1 aliphatic rings. The second-order valence-electron chi connectivity index (χ2n) is 7.24. The summed E-state index contributed by atoms with van der Waals surface area (Å²) < 4.78 is 5.00. The van der Waals surface area contributed by atoms with E-state index in [4.69, 9.17) is 4.74 Å². The van der Waals surface area contributed by atoms with Crippen molar-refractivity contribution in [3.63, 3.8) is 0 Å². The van der Waals surface area contributed by atoms with Crippen molar-refractivity contribution in [3.8, 4) is 0 Å². The van der Waals surface area contributed by atoms with Crippen molar-refractivity contribution in [3.05, 3.63) is 83.6 Å². The maximum atomic E-state index is 13.1. The summed E-state index contributed by atoms with van der Waals surface area (Å²) in [6.07, 6.45) is 6.67. The minimum atomic E-state index is -0.721. The van der Waals surface area contributed by atoms with E-state index in [-0.39, 0.29) is 5.91 Å². The molecule has 5 nitrogen and oxygen atoms in total. The summed E-state index contributed by atoms with van der Waals surface area (Å²) in [7, 11) is 1.36. The van der Waals surface area contributed by atoms with Crippen molar-refractivity contribution < 1.29 is 14.3 Å². The summed E-state index contributed by atoms with van der Waals surface area (Å²) in [5.41, 5.74) is 2.76. The zero-order valence-corrected chi connectivity index (χ0v) is 16.8. The van der Waals surface area contributed by atoms with Gasteiger partial charge in [0.25, 0.3) is 0 Å². The van der Waals surface area contributed by atoms with E-state index >= 15 is 0 Å². The van der Waals surface area contributed by atoms with E-state index in [0.29, 0.717) is 6.42 Å². The average molecular weight is 392 g/mol.